The number of ether oxygens (including phenoxy) is 4. The molecule has 166 valence electrons. The second-order valence-corrected chi connectivity index (χ2v) is 7.66. The maximum Gasteiger partial charge on any atom is 0.340 e. The molecule has 1 aliphatic heterocycles. The molecule has 1 heterocycles. The van der Waals surface area contributed by atoms with Gasteiger partial charge in [0.15, 0.2) is 17.3 Å². The fraction of sp³-hybridized carbons (Fsp3) is 0.280. The van der Waals surface area contributed by atoms with Crippen LogP contribution < -0.4 is 15.2 Å². The maximum absolute atomic E-state index is 13.5. The number of rotatable bonds is 5. The van der Waals surface area contributed by atoms with E-state index in [1.165, 1.54) is 21.3 Å². The first-order valence-corrected chi connectivity index (χ1v) is 10.3. The first kappa shape index (κ1) is 21.5. The highest BCUT2D eigenvalue weighted by atomic mass is 16.5. The van der Waals surface area contributed by atoms with Crippen LogP contribution in [0.5, 0.6) is 11.5 Å². The molecule has 7 nitrogen and oxygen atoms in total. The molecular formula is C25H25NO6. The molecule has 2 aromatic rings. The van der Waals surface area contributed by atoms with Gasteiger partial charge in [-0.15, -0.1) is 0 Å². The molecule has 0 unspecified atom stereocenters. The lowest BCUT2D eigenvalue weighted by Crippen LogP contribution is -2.33. The Labute approximate surface area is 186 Å². The number of hydrogen-bond acceptors (Lipinski definition) is 7. The lowest BCUT2D eigenvalue weighted by Gasteiger charge is -2.35. The predicted octanol–water partition coefficient (Wildman–Crippen LogP) is 3.56. The summed E-state index contributed by atoms with van der Waals surface area (Å²) in [6, 6.07) is 15.1. The summed E-state index contributed by atoms with van der Waals surface area (Å²) in [5.41, 5.74) is 8.33. The van der Waals surface area contributed by atoms with Crippen LogP contribution in [0.2, 0.25) is 0 Å². The third-order valence-corrected chi connectivity index (χ3v) is 5.96. The summed E-state index contributed by atoms with van der Waals surface area (Å²) in [6.07, 6.45) is 0.784. The summed E-state index contributed by atoms with van der Waals surface area (Å²) in [4.78, 5) is 26.2. The Kier molecular flexibility index (Phi) is 5.90. The van der Waals surface area contributed by atoms with Crippen LogP contribution in [0.1, 0.15) is 35.8 Å². The normalized spacial score (nSPS) is 20.4. The highest BCUT2D eigenvalue weighted by Crippen LogP contribution is 2.50. The van der Waals surface area contributed by atoms with Crippen molar-refractivity contribution < 1.29 is 28.5 Å². The highest BCUT2D eigenvalue weighted by molar-refractivity contribution is 6.04. The zero-order valence-electron chi connectivity index (χ0n) is 18.2. The lowest BCUT2D eigenvalue weighted by atomic mass is 9.73. The van der Waals surface area contributed by atoms with Gasteiger partial charge in [-0.25, -0.2) is 4.79 Å². The van der Waals surface area contributed by atoms with E-state index in [4.69, 9.17) is 24.7 Å². The van der Waals surface area contributed by atoms with Gasteiger partial charge in [0.1, 0.15) is 11.3 Å². The van der Waals surface area contributed by atoms with E-state index >= 15 is 0 Å². The van der Waals surface area contributed by atoms with Crippen molar-refractivity contribution in [2.45, 2.75) is 24.7 Å². The predicted molar refractivity (Wildman–Crippen MR) is 117 cm³/mol. The van der Waals surface area contributed by atoms with Crippen LogP contribution in [-0.4, -0.2) is 33.1 Å². The molecule has 0 spiro atoms. The highest BCUT2D eigenvalue weighted by Gasteiger charge is 2.44. The van der Waals surface area contributed by atoms with Gasteiger partial charge in [-0.3, -0.25) is 4.79 Å². The minimum atomic E-state index is -0.791. The molecule has 2 aliphatic rings. The van der Waals surface area contributed by atoms with E-state index in [9.17, 15) is 9.59 Å². The van der Waals surface area contributed by atoms with E-state index in [0.29, 0.717) is 41.2 Å². The van der Waals surface area contributed by atoms with E-state index in [0.717, 1.165) is 5.56 Å². The summed E-state index contributed by atoms with van der Waals surface area (Å²) in [6.45, 7) is 0. The minimum absolute atomic E-state index is 0.0391. The van der Waals surface area contributed by atoms with Crippen molar-refractivity contribution in [1.29, 1.82) is 0 Å². The number of ketones is 1. The molecule has 0 radical (unpaired) electrons. The first-order valence-electron chi connectivity index (χ1n) is 10.3. The quantitative estimate of drug-likeness (QED) is 0.717. The third kappa shape index (κ3) is 3.60. The van der Waals surface area contributed by atoms with Gasteiger partial charge in [0.05, 0.1) is 27.2 Å². The van der Waals surface area contributed by atoms with Crippen LogP contribution in [0.25, 0.3) is 0 Å². The summed E-state index contributed by atoms with van der Waals surface area (Å²) in [5, 5.41) is 0. The van der Waals surface area contributed by atoms with Crippen molar-refractivity contribution in [2.75, 3.05) is 21.3 Å². The number of benzene rings is 2. The second-order valence-electron chi connectivity index (χ2n) is 7.66. The number of carbonyl (C=O) groups is 2. The van der Waals surface area contributed by atoms with E-state index < -0.39 is 11.9 Å². The van der Waals surface area contributed by atoms with Crippen molar-refractivity contribution >= 4 is 11.8 Å². The van der Waals surface area contributed by atoms with E-state index in [1.807, 2.05) is 30.3 Å². The summed E-state index contributed by atoms with van der Waals surface area (Å²) in [7, 11) is 4.30. The third-order valence-electron chi connectivity index (χ3n) is 5.96. The zero-order chi connectivity index (χ0) is 22.8. The monoisotopic (exact) mass is 435 g/mol. The molecule has 0 amide bonds. The number of allylic oxidation sites excluding steroid dienone is 2. The fourth-order valence-corrected chi connectivity index (χ4v) is 4.53. The van der Waals surface area contributed by atoms with Gasteiger partial charge < -0.3 is 24.7 Å². The molecule has 2 N–H and O–H groups in total. The minimum Gasteiger partial charge on any atom is -0.493 e. The Bertz CT molecular complexity index is 1120. The van der Waals surface area contributed by atoms with Crippen LogP contribution in [0.15, 0.2) is 71.3 Å². The molecule has 7 heteroatoms. The average molecular weight is 435 g/mol. The topological polar surface area (TPSA) is 97.1 Å². The van der Waals surface area contributed by atoms with Crippen molar-refractivity contribution in [3.63, 3.8) is 0 Å². The molecule has 0 saturated heterocycles. The maximum atomic E-state index is 13.5. The fourth-order valence-electron chi connectivity index (χ4n) is 4.53. The molecule has 0 fully saturated rings. The molecule has 0 bridgehead atoms. The van der Waals surface area contributed by atoms with Gasteiger partial charge in [-0.05, 0) is 17.5 Å². The Balaban J connectivity index is 1.88. The standard InChI is InChI=1S/C25H25NO6/c1-29-18-11-7-10-16(23(18)30-2)20-21-17(27)12-15(14-8-5-4-6-9-14)13-19(21)32-24(26)22(20)25(28)31-3/h4-11,15,20H,12-13,26H2,1-3H3/t15-,20-/m1/s1. The number of Topliss-reactive ketones (excluding diaryl/α,β-unsaturated/α-hetero) is 1. The molecule has 1 aliphatic carbocycles. The summed E-state index contributed by atoms with van der Waals surface area (Å²) >= 11 is 0. The van der Waals surface area contributed by atoms with E-state index in [-0.39, 0.29) is 23.2 Å². The van der Waals surface area contributed by atoms with Crippen molar-refractivity contribution in [3.05, 3.63) is 82.4 Å². The largest absolute Gasteiger partial charge is 0.493 e. The molecular weight excluding hydrogens is 410 g/mol. The lowest BCUT2D eigenvalue weighted by molar-refractivity contribution is -0.136. The number of carbonyl (C=O) groups excluding carboxylic acids is 2. The van der Waals surface area contributed by atoms with Crippen molar-refractivity contribution in [2.24, 2.45) is 5.73 Å². The van der Waals surface area contributed by atoms with Gasteiger partial charge >= 0.3 is 5.97 Å². The van der Waals surface area contributed by atoms with Gasteiger partial charge in [0.25, 0.3) is 0 Å². The van der Waals surface area contributed by atoms with Crippen molar-refractivity contribution in [3.8, 4) is 11.5 Å². The molecule has 0 aromatic heterocycles. The molecule has 2 aromatic carbocycles. The second kappa shape index (κ2) is 8.78. The number of para-hydroxylation sites is 1. The van der Waals surface area contributed by atoms with Gasteiger partial charge in [0.2, 0.25) is 5.88 Å². The number of methoxy groups -OCH3 is 3. The van der Waals surface area contributed by atoms with E-state index in [1.54, 1.807) is 18.2 Å². The molecule has 4 rings (SSSR count). The van der Waals surface area contributed by atoms with Gasteiger partial charge in [0, 0.05) is 24.0 Å². The SMILES string of the molecule is COC(=O)C1=C(N)OC2=C(C(=O)C[C@@H](c3ccccc3)C2)[C@H]1c1cccc(OC)c1OC. The van der Waals surface area contributed by atoms with Crippen LogP contribution in [0.4, 0.5) is 0 Å². The van der Waals surface area contributed by atoms with Gasteiger partial charge in [-0.2, -0.15) is 0 Å². The number of esters is 1. The summed E-state index contributed by atoms with van der Waals surface area (Å²) < 4.78 is 21.9. The average Bonchev–Trinajstić information content (AvgIpc) is 2.82. The van der Waals surface area contributed by atoms with E-state index in [2.05, 4.69) is 0 Å². The van der Waals surface area contributed by atoms with Crippen LogP contribution in [0.3, 0.4) is 0 Å². The van der Waals surface area contributed by atoms with Crippen molar-refractivity contribution in [1.82, 2.24) is 0 Å². The Morgan fingerprint density at radius 1 is 1.00 bits per heavy atom. The Morgan fingerprint density at radius 3 is 2.41 bits per heavy atom. The molecule has 32 heavy (non-hydrogen) atoms. The smallest absolute Gasteiger partial charge is 0.340 e. The Hall–Kier alpha value is -3.74. The first-order chi connectivity index (χ1) is 15.5. The Morgan fingerprint density at radius 2 is 1.75 bits per heavy atom. The van der Waals surface area contributed by atoms with Crippen LogP contribution in [-0.2, 0) is 19.1 Å². The molecule has 2 atom stereocenters. The number of nitrogens with two attached hydrogens (primary N) is 1. The molecule has 0 saturated carbocycles. The van der Waals surface area contributed by atoms with Crippen LogP contribution in [0, 0.1) is 0 Å². The number of hydrogen-bond donors (Lipinski definition) is 1. The van der Waals surface area contributed by atoms with Gasteiger partial charge in [-0.1, -0.05) is 42.5 Å². The summed E-state index contributed by atoms with van der Waals surface area (Å²) in [5.74, 6) is -0.316. The zero-order valence-corrected chi connectivity index (χ0v) is 18.2. The van der Waals surface area contributed by atoms with Crippen LogP contribution >= 0.6 is 0 Å².